The largest absolute Gasteiger partial charge is 0.433 e. The van der Waals surface area contributed by atoms with Gasteiger partial charge in [-0.2, -0.15) is 13.2 Å². The Bertz CT molecular complexity index is 465. The number of carbonyl (C=O) groups is 1. The predicted octanol–water partition coefficient (Wildman–Crippen LogP) is 2.13. The summed E-state index contributed by atoms with van der Waals surface area (Å²) in [5.41, 5.74) is -0.918. The zero-order valence-electron chi connectivity index (χ0n) is 10.7. The summed E-state index contributed by atoms with van der Waals surface area (Å²) >= 11 is 0. The number of hydrogen-bond acceptors (Lipinski definition) is 3. The predicted molar refractivity (Wildman–Crippen MR) is 65.0 cm³/mol. The van der Waals surface area contributed by atoms with Gasteiger partial charge >= 0.3 is 6.18 Å². The van der Waals surface area contributed by atoms with E-state index in [9.17, 15) is 23.1 Å². The van der Waals surface area contributed by atoms with Crippen LogP contribution >= 0.6 is 0 Å². The molecule has 7 heteroatoms. The number of rotatable bonds is 2. The average molecular weight is 288 g/mol. The Hall–Kier alpha value is -1.63. The van der Waals surface area contributed by atoms with E-state index in [1.165, 1.54) is 0 Å². The quantitative estimate of drug-likeness (QED) is 0.876. The fourth-order valence-electron chi connectivity index (χ4n) is 2.18. The lowest BCUT2D eigenvalue weighted by molar-refractivity contribution is -0.141. The van der Waals surface area contributed by atoms with Crippen molar-refractivity contribution in [2.24, 2.45) is 0 Å². The van der Waals surface area contributed by atoms with Crippen molar-refractivity contribution < 1.29 is 23.1 Å². The lowest BCUT2D eigenvalue weighted by Crippen LogP contribution is -2.38. The van der Waals surface area contributed by atoms with Crippen LogP contribution in [0.15, 0.2) is 18.3 Å². The maximum absolute atomic E-state index is 12.3. The van der Waals surface area contributed by atoms with Gasteiger partial charge in [0, 0.05) is 12.2 Å². The van der Waals surface area contributed by atoms with Crippen molar-refractivity contribution in [1.82, 2.24) is 10.3 Å². The minimum atomic E-state index is -4.51. The third kappa shape index (κ3) is 3.69. The first-order valence-corrected chi connectivity index (χ1v) is 6.38. The van der Waals surface area contributed by atoms with Gasteiger partial charge in [-0.3, -0.25) is 9.78 Å². The number of aromatic nitrogens is 1. The Morgan fingerprint density at radius 3 is 2.40 bits per heavy atom. The highest BCUT2D eigenvalue weighted by Crippen LogP contribution is 2.27. The number of aliphatic hydroxyl groups excluding tert-OH is 1. The maximum Gasteiger partial charge on any atom is 0.433 e. The lowest BCUT2D eigenvalue weighted by atomic mass is 9.93. The molecule has 2 N–H and O–H groups in total. The van der Waals surface area contributed by atoms with Gasteiger partial charge in [0.05, 0.1) is 11.7 Å². The van der Waals surface area contributed by atoms with E-state index < -0.39 is 17.8 Å². The van der Waals surface area contributed by atoms with Crippen LogP contribution in [0.4, 0.5) is 13.2 Å². The first-order chi connectivity index (χ1) is 9.36. The first-order valence-electron chi connectivity index (χ1n) is 6.38. The van der Waals surface area contributed by atoms with Crippen LogP contribution in [0.3, 0.4) is 0 Å². The lowest BCUT2D eigenvalue weighted by Gasteiger charge is -2.26. The van der Waals surface area contributed by atoms with Crippen LogP contribution in [0.1, 0.15) is 41.7 Å². The number of aliphatic hydroxyl groups is 1. The molecule has 0 spiro atoms. The third-order valence-corrected chi connectivity index (χ3v) is 3.35. The van der Waals surface area contributed by atoms with Crippen molar-refractivity contribution in [3.63, 3.8) is 0 Å². The molecule has 2 rings (SSSR count). The molecule has 1 saturated carbocycles. The van der Waals surface area contributed by atoms with Crippen molar-refractivity contribution in [3.05, 3.63) is 29.6 Å². The monoisotopic (exact) mass is 288 g/mol. The number of nitrogens with zero attached hydrogens (tertiary/aromatic N) is 1. The molecule has 0 aromatic carbocycles. The molecule has 1 aromatic heterocycles. The van der Waals surface area contributed by atoms with E-state index >= 15 is 0 Å². The van der Waals surface area contributed by atoms with Crippen molar-refractivity contribution in [1.29, 1.82) is 0 Å². The van der Waals surface area contributed by atoms with Crippen molar-refractivity contribution in [2.45, 2.75) is 44.0 Å². The SMILES string of the molecule is O=C(NC1CCC(O)CC1)c1ccc(C(F)(F)F)nc1. The molecule has 0 bridgehead atoms. The van der Waals surface area contributed by atoms with E-state index in [4.69, 9.17) is 0 Å². The number of carbonyl (C=O) groups excluding carboxylic acids is 1. The van der Waals surface area contributed by atoms with Gasteiger partial charge in [0.25, 0.3) is 5.91 Å². The molecular formula is C13H15F3N2O2. The summed E-state index contributed by atoms with van der Waals surface area (Å²) in [6, 6.07) is 1.86. The summed E-state index contributed by atoms with van der Waals surface area (Å²) in [4.78, 5) is 15.1. The molecule has 1 fully saturated rings. The minimum Gasteiger partial charge on any atom is -0.393 e. The van der Waals surface area contributed by atoms with E-state index in [1.807, 2.05) is 0 Å². The molecule has 0 radical (unpaired) electrons. The van der Waals surface area contributed by atoms with E-state index in [-0.39, 0.29) is 17.7 Å². The van der Waals surface area contributed by atoms with Gasteiger partial charge in [0.2, 0.25) is 0 Å². The van der Waals surface area contributed by atoms with Gasteiger partial charge in [0.1, 0.15) is 5.69 Å². The van der Waals surface area contributed by atoms with E-state index in [0.717, 1.165) is 18.3 Å². The Balaban J connectivity index is 1.96. The van der Waals surface area contributed by atoms with Crippen molar-refractivity contribution in [3.8, 4) is 0 Å². The molecule has 1 aromatic rings. The fraction of sp³-hybridized carbons (Fsp3) is 0.538. The average Bonchev–Trinajstić information content (AvgIpc) is 2.40. The molecule has 0 saturated heterocycles. The van der Waals surface area contributed by atoms with Gasteiger partial charge in [-0.1, -0.05) is 0 Å². The maximum atomic E-state index is 12.3. The van der Waals surface area contributed by atoms with Crippen LogP contribution in [0, 0.1) is 0 Å². The molecule has 0 unspecified atom stereocenters. The number of pyridine rings is 1. The van der Waals surface area contributed by atoms with Crippen molar-refractivity contribution >= 4 is 5.91 Å². The van der Waals surface area contributed by atoms with Gasteiger partial charge < -0.3 is 10.4 Å². The first kappa shape index (κ1) is 14.8. The topological polar surface area (TPSA) is 62.2 Å². The summed E-state index contributed by atoms with van der Waals surface area (Å²) in [5.74, 6) is -0.437. The number of amides is 1. The van der Waals surface area contributed by atoms with Crippen LogP contribution in [0.5, 0.6) is 0 Å². The molecule has 1 amide bonds. The second kappa shape index (κ2) is 5.78. The molecule has 20 heavy (non-hydrogen) atoms. The van der Waals surface area contributed by atoms with Crippen LogP contribution in [0.2, 0.25) is 0 Å². The standard InChI is InChI=1S/C13H15F3N2O2/c14-13(15,16)11-6-1-8(7-17-11)12(20)18-9-2-4-10(19)5-3-9/h1,6-7,9-10,19H,2-5H2,(H,18,20). The third-order valence-electron chi connectivity index (χ3n) is 3.35. The summed E-state index contributed by atoms with van der Waals surface area (Å²) in [7, 11) is 0. The highest BCUT2D eigenvalue weighted by Gasteiger charge is 2.32. The van der Waals surface area contributed by atoms with Gasteiger partial charge in [-0.25, -0.2) is 0 Å². The summed E-state index contributed by atoms with van der Waals surface area (Å²) < 4.78 is 37.0. The number of halogens is 3. The summed E-state index contributed by atoms with van der Waals surface area (Å²) in [6.07, 6.45) is -1.32. The highest BCUT2D eigenvalue weighted by atomic mass is 19.4. The van der Waals surface area contributed by atoms with Gasteiger partial charge in [-0.05, 0) is 37.8 Å². The molecule has 0 atom stereocenters. The number of alkyl halides is 3. The van der Waals surface area contributed by atoms with E-state index in [1.54, 1.807) is 0 Å². The smallest absolute Gasteiger partial charge is 0.393 e. The normalized spacial score (nSPS) is 23.4. The Kier molecular flexibility index (Phi) is 4.27. The van der Waals surface area contributed by atoms with E-state index in [0.29, 0.717) is 25.7 Å². The Morgan fingerprint density at radius 1 is 1.25 bits per heavy atom. The Labute approximate surface area is 114 Å². The molecule has 1 aliphatic carbocycles. The molecule has 4 nitrogen and oxygen atoms in total. The second-order valence-corrected chi connectivity index (χ2v) is 4.91. The molecule has 0 aliphatic heterocycles. The summed E-state index contributed by atoms with van der Waals surface area (Å²) in [5, 5.41) is 12.1. The number of nitrogens with one attached hydrogen (secondary N) is 1. The zero-order chi connectivity index (χ0) is 14.8. The fourth-order valence-corrected chi connectivity index (χ4v) is 2.18. The minimum absolute atomic E-state index is 0.0480. The summed E-state index contributed by atoms with van der Waals surface area (Å²) in [6.45, 7) is 0. The van der Waals surface area contributed by atoms with Crippen LogP contribution in [-0.4, -0.2) is 28.1 Å². The van der Waals surface area contributed by atoms with Crippen LogP contribution in [0.25, 0.3) is 0 Å². The molecule has 1 aliphatic rings. The molecule has 1 heterocycles. The molecular weight excluding hydrogens is 273 g/mol. The van der Waals surface area contributed by atoms with Crippen LogP contribution < -0.4 is 5.32 Å². The molecule has 110 valence electrons. The highest BCUT2D eigenvalue weighted by molar-refractivity contribution is 5.94. The van der Waals surface area contributed by atoms with E-state index in [2.05, 4.69) is 10.3 Å². The van der Waals surface area contributed by atoms with Crippen molar-refractivity contribution in [2.75, 3.05) is 0 Å². The number of hydrogen-bond donors (Lipinski definition) is 2. The zero-order valence-corrected chi connectivity index (χ0v) is 10.7. The van der Waals surface area contributed by atoms with Crippen LogP contribution in [-0.2, 0) is 6.18 Å². The van der Waals surface area contributed by atoms with Gasteiger partial charge in [0.15, 0.2) is 0 Å². The second-order valence-electron chi connectivity index (χ2n) is 4.91. The Morgan fingerprint density at radius 2 is 1.90 bits per heavy atom. The van der Waals surface area contributed by atoms with Gasteiger partial charge in [-0.15, -0.1) is 0 Å².